The highest BCUT2D eigenvalue weighted by Gasteiger charge is 2.26. The zero-order valence-corrected chi connectivity index (χ0v) is 14.4. The second kappa shape index (κ2) is 7.59. The predicted molar refractivity (Wildman–Crippen MR) is 98.1 cm³/mol. The summed E-state index contributed by atoms with van der Waals surface area (Å²) in [6.45, 7) is 5.74. The molecule has 0 aliphatic carbocycles. The van der Waals surface area contributed by atoms with Crippen LogP contribution < -0.4 is 21.3 Å². The van der Waals surface area contributed by atoms with Gasteiger partial charge < -0.3 is 21.3 Å². The fraction of sp³-hybridized carbons (Fsp3) is 0.444. The number of nitrogens with one attached hydrogen (secondary N) is 2. The summed E-state index contributed by atoms with van der Waals surface area (Å²) in [6, 6.07) is 13.1. The molecule has 6 heteroatoms. The second-order valence-corrected chi connectivity index (χ2v) is 6.41. The maximum atomic E-state index is 5.87. The van der Waals surface area contributed by atoms with Crippen molar-refractivity contribution in [2.24, 2.45) is 0 Å². The minimum atomic E-state index is 0.341. The van der Waals surface area contributed by atoms with Gasteiger partial charge in [0.15, 0.2) is 0 Å². The van der Waals surface area contributed by atoms with Crippen LogP contribution in [-0.2, 0) is 6.54 Å². The number of hydrogen-bond acceptors (Lipinski definition) is 6. The molecule has 1 saturated heterocycles. The second-order valence-electron chi connectivity index (χ2n) is 6.41. The normalized spacial score (nSPS) is 16.0. The topological polar surface area (TPSA) is 79.1 Å². The average Bonchev–Trinajstić information content (AvgIpc) is 2.54. The first-order valence-electron chi connectivity index (χ1n) is 8.47. The Kier molecular flexibility index (Phi) is 5.27. The number of nitrogens with zero attached hydrogens (tertiary/aromatic N) is 3. The van der Waals surface area contributed by atoms with Gasteiger partial charge in [0.2, 0.25) is 5.95 Å². The number of hydrogen-bond donors (Lipinski definition) is 3. The largest absolute Gasteiger partial charge is 0.368 e. The van der Waals surface area contributed by atoms with Gasteiger partial charge in [0, 0.05) is 38.3 Å². The molecule has 0 amide bonds. The quantitative estimate of drug-likeness (QED) is 0.713. The third-order valence-corrected chi connectivity index (χ3v) is 4.52. The van der Waals surface area contributed by atoms with Crippen LogP contribution in [0, 0.1) is 0 Å². The summed E-state index contributed by atoms with van der Waals surface area (Å²) in [4.78, 5) is 10.9. The summed E-state index contributed by atoms with van der Waals surface area (Å²) in [5, 5.41) is 6.74. The lowest BCUT2D eigenvalue weighted by atomic mass is 10.0. The molecule has 6 nitrogen and oxygen atoms in total. The molecular formula is C18H26N6. The van der Waals surface area contributed by atoms with Crippen molar-refractivity contribution < 1.29 is 0 Å². The molecule has 0 spiro atoms. The van der Waals surface area contributed by atoms with E-state index in [9.17, 15) is 0 Å². The van der Waals surface area contributed by atoms with Crippen molar-refractivity contribution in [2.45, 2.75) is 25.4 Å². The number of aromatic nitrogens is 2. The standard InChI is InChI=1S/C18H26N6/c1-13(14-6-4-3-5-7-14)9-21-10-15-8-17(23-18(19)22-15)24-11-16(12-24)20-2/h3-8,13,16,20-21H,9-12H2,1-2H3,(H2,19,22,23)/t13-/m1/s1. The van der Waals surface area contributed by atoms with E-state index < -0.39 is 0 Å². The molecule has 0 saturated carbocycles. The van der Waals surface area contributed by atoms with Crippen molar-refractivity contribution in [3.8, 4) is 0 Å². The molecule has 1 aromatic carbocycles. The molecule has 128 valence electrons. The summed E-state index contributed by atoms with van der Waals surface area (Å²) in [6.07, 6.45) is 0. The van der Waals surface area contributed by atoms with E-state index in [1.807, 2.05) is 19.2 Å². The molecule has 1 fully saturated rings. The monoisotopic (exact) mass is 326 g/mol. The molecule has 2 heterocycles. The van der Waals surface area contributed by atoms with Crippen molar-refractivity contribution in [2.75, 3.05) is 37.3 Å². The third kappa shape index (κ3) is 4.01. The molecule has 1 aromatic heterocycles. The summed E-state index contributed by atoms with van der Waals surface area (Å²) in [7, 11) is 1.99. The van der Waals surface area contributed by atoms with Crippen LogP contribution in [0.3, 0.4) is 0 Å². The van der Waals surface area contributed by atoms with Crippen LogP contribution >= 0.6 is 0 Å². The van der Waals surface area contributed by atoms with E-state index >= 15 is 0 Å². The van der Waals surface area contributed by atoms with Crippen molar-refractivity contribution in [3.63, 3.8) is 0 Å². The first-order chi connectivity index (χ1) is 11.7. The lowest BCUT2D eigenvalue weighted by Crippen LogP contribution is -2.57. The lowest BCUT2D eigenvalue weighted by Gasteiger charge is -2.40. The van der Waals surface area contributed by atoms with Gasteiger partial charge in [-0.05, 0) is 18.5 Å². The minimum absolute atomic E-state index is 0.341. The highest BCUT2D eigenvalue weighted by Crippen LogP contribution is 2.20. The average molecular weight is 326 g/mol. The fourth-order valence-corrected chi connectivity index (χ4v) is 2.92. The molecule has 0 unspecified atom stereocenters. The number of nitrogen functional groups attached to an aromatic ring is 1. The predicted octanol–water partition coefficient (Wildman–Crippen LogP) is 1.36. The van der Waals surface area contributed by atoms with E-state index in [-0.39, 0.29) is 0 Å². The Labute approximate surface area is 143 Å². The maximum Gasteiger partial charge on any atom is 0.222 e. The molecule has 2 aromatic rings. The Morgan fingerprint density at radius 2 is 2.00 bits per heavy atom. The van der Waals surface area contributed by atoms with E-state index in [1.165, 1.54) is 5.56 Å². The number of benzene rings is 1. The molecular weight excluding hydrogens is 300 g/mol. The minimum Gasteiger partial charge on any atom is -0.368 e. The van der Waals surface area contributed by atoms with Gasteiger partial charge in [-0.15, -0.1) is 0 Å². The van der Waals surface area contributed by atoms with E-state index in [4.69, 9.17) is 5.73 Å². The number of nitrogens with two attached hydrogens (primary N) is 1. The van der Waals surface area contributed by atoms with Gasteiger partial charge in [-0.2, -0.15) is 4.98 Å². The molecule has 0 radical (unpaired) electrons. The van der Waals surface area contributed by atoms with Gasteiger partial charge in [-0.1, -0.05) is 37.3 Å². The van der Waals surface area contributed by atoms with E-state index in [0.717, 1.165) is 31.1 Å². The molecule has 1 atom stereocenters. The Balaban J connectivity index is 1.54. The van der Waals surface area contributed by atoms with Crippen LogP contribution in [-0.4, -0.2) is 42.7 Å². The van der Waals surface area contributed by atoms with Crippen molar-refractivity contribution in [1.29, 1.82) is 0 Å². The van der Waals surface area contributed by atoms with Crippen LogP contribution in [0.5, 0.6) is 0 Å². The Bertz CT molecular complexity index is 654. The van der Waals surface area contributed by atoms with Crippen molar-refractivity contribution in [1.82, 2.24) is 20.6 Å². The Morgan fingerprint density at radius 3 is 2.71 bits per heavy atom. The first-order valence-corrected chi connectivity index (χ1v) is 8.47. The summed E-state index contributed by atoms with van der Waals surface area (Å²) < 4.78 is 0. The lowest BCUT2D eigenvalue weighted by molar-refractivity contribution is 0.447. The molecule has 24 heavy (non-hydrogen) atoms. The Morgan fingerprint density at radius 1 is 1.25 bits per heavy atom. The van der Waals surface area contributed by atoms with E-state index in [2.05, 4.69) is 56.7 Å². The first kappa shape index (κ1) is 16.7. The smallest absolute Gasteiger partial charge is 0.222 e. The molecule has 3 rings (SSSR count). The van der Waals surface area contributed by atoms with Crippen LogP contribution in [0.2, 0.25) is 0 Å². The van der Waals surface area contributed by atoms with Crippen molar-refractivity contribution in [3.05, 3.63) is 47.7 Å². The Hall–Kier alpha value is -2.18. The number of rotatable bonds is 7. The molecule has 0 bridgehead atoms. The highest BCUT2D eigenvalue weighted by atomic mass is 15.3. The van der Waals surface area contributed by atoms with Crippen LogP contribution in [0.15, 0.2) is 36.4 Å². The number of likely N-dealkylation sites (N-methyl/N-ethyl adjacent to an activating group) is 1. The number of anilines is 2. The highest BCUT2D eigenvalue weighted by molar-refractivity contribution is 5.46. The summed E-state index contributed by atoms with van der Waals surface area (Å²) in [5.74, 6) is 1.71. The van der Waals surface area contributed by atoms with Gasteiger partial charge >= 0.3 is 0 Å². The van der Waals surface area contributed by atoms with Gasteiger partial charge in [-0.25, -0.2) is 4.98 Å². The van der Waals surface area contributed by atoms with Gasteiger partial charge in [-0.3, -0.25) is 0 Å². The summed E-state index contributed by atoms with van der Waals surface area (Å²) >= 11 is 0. The van der Waals surface area contributed by atoms with E-state index in [0.29, 0.717) is 24.5 Å². The van der Waals surface area contributed by atoms with Crippen LogP contribution in [0.4, 0.5) is 11.8 Å². The molecule has 4 N–H and O–H groups in total. The van der Waals surface area contributed by atoms with Crippen molar-refractivity contribution >= 4 is 11.8 Å². The molecule has 1 aliphatic rings. The summed E-state index contributed by atoms with van der Waals surface area (Å²) in [5.41, 5.74) is 8.15. The SMILES string of the molecule is CNC1CN(c2cc(CNC[C@@H](C)c3ccccc3)nc(N)n2)C1. The van der Waals surface area contributed by atoms with Gasteiger partial charge in [0.25, 0.3) is 0 Å². The molecule has 1 aliphatic heterocycles. The van der Waals surface area contributed by atoms with Crippen LogP contribution in [0.1, 0.15) is 24.1 Å². The zero-order chi connectivity index (χ0) is 16.9. The third-order valence-electron chi connectivity index (χ3n) is 4.52. The van der Waals surface area contributed by atoms with Crippen LogP contribution in [0.25, 0.3) is 0 Å². The van der Waals surface area contributed by atoms with Gasteiger partial charge in [0.1, 0.15) is 5.82 Å². The zero-order valence-electron chi connectivity index (χ0n) is 14.4. The van der Waals surface area contributed by atoms with Gasteiger partial charge in [0.05, 0.1) is 5.69 Å². The maximum absolute atomic E-state index is 5.87. The fourth-order valence-electron chi connectivity index (χ4n) is 2.92. The van der Waals surface area contributed by atoms with E-state index in [1.54, 1.807) is 0 Å².